The van der Waals surface area contributed by atoms with Gasteiger partial charge in [-0.1, -0.05) is 36.4 Å². The van der Waals surface area contributed by atoms with Crippen molar-refractivity contribution in [2.75, 3.05) is 33.3 Å². The maximum absolute atomic E-state index is 13.0. The van der Waals surface area contributed by atoms with Crippen LogP contribution < -0.4 is 10.1 Å². The van der Waals surface area contributed by atoms with Gasteiger partial charge in [0.05, 0.1) is 18.8 Å². The Balaban J connectivity index is 1.43. The van der Waals surface area contributed by atoms with Crippen LogP contribution in [0.15, 0.2) is 60.8 Å². The lowest BCUT2D eigenvalue weighted by Gasteiger charge is -2.37. The van der Waals surface area contributed by atoms with Crippen molar-refractivity contribution in [2.24, 2.45) is 11.8 Å². The average Bonchev–Trinajstić information content (AvgIpc) is 2.83. The molecule has 1 N–H and O–H groups in total. The van der Waals surface area contributed by atoms with E-state index in [1.165, 1.54) is 0 Å². The highest BCUT2D eigenvalue weighted by molar-refractivity contribution is 5.79. The Morgan fingerprint density at radius 3 is 2.88 bits per heavy atom. The first-order chi connectivity index (χ1) is 16.1. The van der Waals surface area contributed by atoms with Crippen LogP contribution >= 0.6 is 0 Å². The second-order valence-electron chi connectivity index (χ2n) is 8.87. The minimum atomic E-state index is 0.0201. The summed E-state index contributed by atoms with van der Waals surface area (Å²) in [6.45, 7) is 3.22. The molecule has 1 saturated heterocycles. The molecule has 2 aromatic rings. The fourth-order valence-corrected chi connectivity index (χ4v) is 4.55. The molecule has 0 radical (unpaired) electrons. The number of nitrogens with zero attached hydrogens (tertiary/aromatic N) is 3. The van der Waals surface area contributed by atoms with Gasteiger partial charge in [-0.2, -0.15) is 0 Å². The van der Waals surface area contributed by atoms with E-state index in [4.69, 9.17) is 4.74 Å². The maximum Gasteiger partial charge on any atom is 0.236 e. The lowest BCUT2D eigenvalue weighted by molar-refractivity contribution is -0.134. The van der Waals surface area contributed by atoms with E-state index in [9.17, 15) is 9.59 Å². The topological polar surface area (TPSA) is 74.8 Å². The summed E-state index contributed by atoms with van der Waals surface area (Å²) in [4.78, 5) is 33.8. The van der Waals surface area contributed by atoms with Gasteiger partial charge in [-0.15, -0.1) is 0 Å². The van der Waals surface area contributed by atoms with Crippen molar-refractivity contribution >= 4 is 11.8 Å². The van der Waals surface area contributed by atoms with Gasteiger partial charge in [0.25, 0.3) is 0 Å². The van der Waals surface area contributed by atoms with Crippen molar-refractivity contribution in [3.8, 4) is 5.75 Å². The zero-order valence-electron chi connectivity index (χ0n) is 19.2. The molecule has 174 valence electrons. The lowest BCUT2D eigenvalue weighted by Crippen LogP contribution is -2.47. The highest BCUT2D eigenvalue weighted by Crippen LogP contribution is 2.29. The number of amides is 2. The van der Waals surface area contributed by atoms with Crippen LogP contribution in [-0.4, -0.2) is 59.9 Å². The van der Waals surface area contributed by atoms with Gasteiger partial charge in [-0.05, 0) is 43.5 Å². The standard InChI is InChI=1S/C26H32N4O3/c1-29-17-22-7-2-3-10-24(22)33-14-6-8-21-18-30(26(32)19-29)13-11-20(21)15-25(31)28-16-23-9-4-5-12-27-23/h2-10,12,20-21H,11,13-19H2,1H3,(H,28,31)/t20-,21-/m0/s1. The van der Waals surface area contributed by atoms with Crippen LogP contribution in [0.1, 0.15) is 24.1 Å². The first kappa shape index (κ1) is 23.0. The van der Waals surface area contributed by atoms with Crippen molar-refractivity contribution in [3.63, 3.8) is 0 Å². The number of carbonyl (C=O) groups excluding carboxylic acids is 2. The fourth-order valence-electron chi connectivity index (χ4n) is 4.55. The summed E-state index contributed by atoms with van der Waals surface area (Å²) >= 11 is 0. The third-order valence-electron chi connectivity index (χ3n) is 6.34. The van der Waals surface area contributed by atoms with Gasteiger partial charge in [0, 0.05) is 37.8 Å². The summed E-state index contributed by atoms with van der Waals surface area (Å²) in [6, 6.07) is 13.6. The number of carbonyl (C=O) groups is 2. The Bertz CT molecular complexity index is 979. The summed E-state index contributed by atoms with van der Waals surface area (Å²) in [5.74, 6) is 1.30. The minimum Gasteiger partial charge on any atom is -0.489 e. The molecule has 7 heteroatoms. The Labute approximate surface area is 195 Å². The number of hydrogen-bond acceptors (Lipinski definition) is 5. The molecule has 4 rings (SSSR count). The summed E-state index contributed by atoms with van der Waals surface area (Å²) < 4.78 is 6.02. The van der Waals surface area contributed by atoms with E-state index >= 15 is 0 Å². The van der Waals surface area contributed by atoms with E-state index in [1.54, 1.807) is 6.20 Å². The number of likely N-dealkylation sites (N-methyl/N-ethyl adjacent to an activating group) is 1. The van der Waals surface area contributed by atoms with Gasteiger partial charge in [-0.3, -0.25) is 19.5 Å². The normalized spacial score (nSPS) is 21.7. The van der Waals surface area contributed by atoms with E-state index in [0.29, 0.717) is 45.8 Å². The number of benzene rings is 1. The smallest absolute Gasteiger partial charge is 0.236 e. The molecule has 0 aliphatic carbocycles. The lowest BCUT2D eigenvalue weighted by atomic mass is 9.82. The van der Waals surface area contributed by atoms with Gasteiger partial charge >= 0.3 is 0 Å². The SMILES string of the molecule is CN1CC(=O)N2CC[C@@H](CC(=O)NCc3ccccn3)[C@@H](C=CCOc3ccccc3C1)C2. The van der Waals surface area contributed by atoms with Gasteiger partial charge in [0.15, 0.2) is 0 Å². The first-order valence-electron chi connectivity index (χ1n) is 11.6. The number of fused-ring (bicyclic) bond motifs is 3. The average molecular weight is 449 g/mol. The number of aromatic nitrogens is 1. The minimum absolute atomic E-state index is 0.0201. The molecule has 0 spiro atoms. The molecular weight excluding hydrogens is 416 g/mol. The van der Waals surface area contributed by atoms with E-state index in [1.807, 2.05) is 65.4 Å². The molecule has 33 heavy (non-hydrogen) atoms. The third-order valence-corrected chi connectivity index (χ3v) is 6.34. The van der Waals surface area contributed by atoms with Gasteiger partial charge in [0.1, 0.15) is 12.4 Å². The van der Waals surface area contributed by atoms with Crippen LogP contribution in [0.3, 0.4) is 0 Å². The number of rotatable bonds is 4. The van der Waals surface area contributed by atoms with Gasteiger partial charge < -0.3 is 15.0 Å². The Kier molecular flexibility index (Phi) is 7.73. The van der Waals surface area contributed by atoms with Crippen molar-refractivity contribution < 1.29 is 14.3 Å². The molecule has 1 aromatic carbocycles. The molecule has 1 aromatic heterocycles. The van der Waals surface area contributed by atoms with E-state index in [-0.39, 0.29) is 23.7 Å². The molecule has 7 nitrogen and oxygen atoms in total. The second-order valence-corrected chi connectivity index (χ2v) is 8.87. The van der Waals surface area contributed by atoms with E-state index in [0.717, 1.165) is 23.4 Å². The number of nitrogens with one attached hydrogen (secondary N) is 1. The van der Waals surface area contributed by atoms with Crippen LogP contribution in [0.4, 0.5) is 0 Å². The number of pyridine rings is 1. The van der Waals surface area contributed by atoms with Crippen LogP contribution in [0.25, 0.3) is 0 Å². The molecule has 1 fully saturated rings. The molecule has 2 bridgehead atoms. The van der Waals surface area contributed by atoms with Crippen molar-refractivity contribution in [3.05, 3.63) is 72.1 Å². The summed E-state index contributed by atoms with van der Waals surface area (Å²) in [5.41, 5.74) is 1.91. The van der Waals surface area contributed by atoms with E-state index in [2.05, 4.69) is 16.4 Å². The summed E-state index contributed by atoms with van der Waals surface area (Å²) in [6.07, 6.45) is 7.12. The quantitative estimate of drug-likeness (QED) is 0.728. The Morgan fingerprint density at radius 1 is 1.18 bits per heavy atom. The third kappa shape index (κ3) is 6.42. The zero-order valence-corrected chi connectivity index (χ0v) is 19.2. The largest absolute Gasteiger partial charge is 0.489 e. The van der Waals surface area contributed by atoms with Gasteiger partial charge in [0.2, 0.25) is 11.8 Å². The maximum atomic E-state index is 13.0. The van der Waals surface area contributed by atoms with Crippen molar-refractivity contribution in [1.82, 2.24) is 20.1 Å². The molecule has 2 atom stereocenters. The predicted molar refractivity (Wildman–Crippen MR) is 126 cm³/mol. The number of para-hydroxylation sites is 1. The number of ether oxygens (including phenoxy) is 1. The van der Waals surface area contributed by atoms with E-state index < -0.39 is 0 Å². The first-order valence-corrected chi connectivity index (χ1v) is 11.6. The predicted octanol–water partition coefficient (Wildman–Crippen LogP) is 2.63. The van der Waals surface area contributed by atoms with Crippen LogP contribution in [-0.2, 0) is 22.7 Å². The van der Waals surface area contributed by atoms with Crippen molar-refractivity contribution in [2.45, 2.75) is 25.9 Å². The van der Waals surface area contributed by atoms with Crippen molar-refractivity contribution in [1.29, 1.82) is 0 Å². The zero-order chi connectivity index (χ0) is 23.0. The Hall–Kier alpha value is -3.19. The molecule has 2 aliphatic rings. The van der Waals surface area contributed by atoms with Crippen LogP contribution in [0.5, 0.6) is 5.75 Å². The molecular formula is C26H32N4O3. The second kappa shape index (κ2) is 11.1. The molecule has 0 unspecified atom stereocenters. The highest BCUT2D eigenvalue weighted by atomic mass is 16.5. The fraction of sp³-hybridized carbons (Fsp3) is 0.423. The molecule has 2 aliphatic heterocycles. The molecule has 3 heterocycles. The molecule has 0 saturated carbocycles. The van der Waals surface area contributed by atoms with Crippen LogP contribution in [0.2, 0.25) is 0 Å². The van der Waals surface area contributed by atoms with Gasteiger partial charge in [-0.25, -0.2) is 0 Å². The highest BCUT2D eigenvalue weighted by Gasteiger charge is 2.31. The monoisotopic (exact) mass is 448 g/mol. The molecule has 2 amide bonds. The summed E-state index contributed by atoms with van der Waals surface area (Å²) in [5, 5.41) is 2.99. The van der Waals surface area contributed by atoms with Crippen LogP contribution in [0, 0.1) is 11.8 Å². The summed E-state index contributed by atoms with van der Waals surface area (Å²) in [7, 11) is 1.96. The number of hydrogen-bond donors (Lipinski definition) is 1. The number of piperidine rings is 1. The Morgan fingerprint density at radius 2 is 2.03 bits per heavy atom.